The van der Waals surface area contributed by atoms with Crippen molar-refractivity contribution in [2.45, 2.75) is 18.0 Å². The molecule has 0 aliphatic heterocycles. The summed E-state index contributed by atoms with van der Waals surface area (Å²) >= 11 is 7.50. The van der Waals surface area contributed by atoms with E-state index in [4.69, 9.17) is 11.6 Å². The maximum atomic E-state index is 13.1. The zero-order chi connectivity index (χ0) is 20.0. The highest BCUT2D eigenvalue weighted by atomic mass is 35.5. The van der Waals surface area contributed by atoms with Gasteiger partial charge >= 0.3 is 0 Å². The molecule has 1 amide bonds. The number of carbonyl (C=O) groups is 1. The van der Waals surface area contributed by atoms with Gasteiger partial charge in [-0.05, 0) is 35.2 Å². The molecule has 0 bridgehead atoms. The van der Waals surface area contributed by atoms with Gasteiger partial charge in [0.15, 0.2) is 0 Å². The Morgan fingerprint density at radius 1 is 1.04 bits per heavy atom. The number of nitrogens with zero attached hydrogens (tertiary/aromatic N) is 1. The van der Waals surface area contributed by atoms with E-state index in [2.05, 4.69) is 5.32 Å². The minimum Gasteiger partial charge on any atom is -0.350 e. The van der Waals surface area contributed by atoms with Crippen molar-refractivity contribution in [1.29, 1.82) is 0 Å². The standard InChI is InChI=1S/C20H19ClN2O3S2/c21-17-8-4-10-19(12-17)28(25,26)23(14-16-6-2-1-3-7-16)15-20(24)22-13-18-9-5-11-27-18/h1-12H,13-15H2,(H,22,24). The molecule has 3 aromatic rings. The van der Waals surface area contributed by atoms with Crippen LogP contribution < -0.4 is 5.32 Å². The summed E-state index contributed by atoms with van der Waals surface area (Å²) in [5.74, 6) is -0.366. The van der Waals surface area contributed by atoms with Crippen molar-refractivity contribution in [2.75, 3.05) is 6.54 Å². The molecular weight excluding hydrogens is 416 g/mol. The molecule has 1 heterocycles. The van der Waals surface area contributed by atoms with Crippen molar-refractivity contribution in [1.82, 2.24) is 9.62 Å². The van der Waals surface area contributed by atoms with Gasteiger partial charge in [-0.1, -0.05) is 54.1 Å². The second-order valence-corrected chi connectivity index (χ2v) is 9.48. The molecule has 0 aliphatic carbocycles. The summed E-state index contributed by atoms with van der Waals surface area (Å²) in [7, 11) is -3.90. The summed E-state index contributed by atoms with van der Waals surface area (Å²) in [6.07, 6.45) is 0. The Bertz CT molecular complexity index is 1020. The number of halogens is 1. The molecule has 0 unspecified atom stereocenters. The first-order valence-corrected chi connectivity index (χ1v) is 11.2. The summed E-state index contributed by atoms with van der Waals surface area (Å²) in [6, 6.07) is 19.0. The molecule has 1 N–H and O–H groups in total. The van der Waals surface area contributed by atoms with E-state index in [1.54, 1.807) is 12.1 Å². The second kappa shape index (κ2) is 9.34. The van der Waals surface area contributed by atoms with E-state index in [9.17, 15) is 13.2 Å². The Labute approximate surface area is 173 Å². The van der Waals surface area contributed by atoms with E-state index in [1.165, 1.54) is 23.5 Å². The lowest BCUT2D eigenvalue weighted by Gasteiger charge is -2.22. The molecule has 5 nitrogen and oxygen atoms in total. The van der Waals surface area contributed by atoms with Crippen molar-refractivity contribution < 1.29 is 13.2 Å². The van der Waals surface area contributed by atoms with Gasteiger partial charge in [-0.3, -0.25) is 4.79 Å². The van der Waals surface area contributed by atoms with E-state index >= 15 is 0 Å². The predicted molar refractivity (Wildman–Crippen MR) is 112 cm³/mol. The smallest absolute Gasteiger partial charge is 0.243 e. The number of rotatable bonds is 8. The Kier molecular flexibility index (Phi) is 6.85. The molecule has 0 radical (unpaired) electrons. The molecule has 1 aromatic heterocycles. The summed E-state index contributed by atoms with van der Waals surface area (Å²) < 4.78 is 27.5. The monoisotopic (exact) mass is 434 g/mol. The molecule has 0 spiro atoms. The maximum Gasteiger partial charge on any atom is 0.243 e. The predicted octanol–water partition coefficient (Wildman–Crippen LogP) is 3.91. The second-order valence-electron chi connectivity index (χ2n) is 6.07. The lowest BCUT2D eigenvalue weighted by molar-refractivity contribution is -0.121. The largest absolute Gasteiger partial charge is 0.350 e. The number of hydrogen-bond donors (Lipinski definition) is 1. The Balaban J connectivity index is 1.81. The lowest BCUT2D eigenvalue weighted by Crippen LogP contribution is -2.40. The number of benzene rings is 2. The first-order valence-electron chi connectivity index (χ1n) is 8.54. The quantitative estimate of drug-likeness (QED) is 0.584. The molecule has 0 atom stereocenters. The molecule has 0 fully saturated rings. The van der Waals surface area contributed by atoms with E-state index in [0.29, 0.717) is 11.6 Å². The van der Waals surface area contributed by atoms with E-state index in [0.717, 1.165) is 14.7 Å². The molecule has 146 valence electrons. The minimum absolute atomic E-state index is 0.0574. The van der Waals surface area contributed by atoms with Crippen LogP contribution in [0.2, 0.25) is 5.02 Å². The summed E-state index contributed by atoms with van der Waals surface area (Å²) in [5.41, 5.74) is 0.791. The molecule has 0 saturated heterocycles. The van der Waals surface area contributed by atoms with Crippen LogP contribution in [0.4, 0.5) is 0 Å². The van der Waals surface area contributed by atoms with Gasteiger partial charge < -0.3 is 5.32 Å². The van der Waals surface area contributed by atoms with E-state index < -0.39 is 10.0 Å². The van der Waals surface area contributed by atoms with Gasteiger partial charge in [0.2, 0.25) is 15.9 Å². The topological polar surface area (TPSA) is 66.5 Å². The van der Waals surface area contributed by atoms with Crippen LogP contribution in [0, 0.1) is 0 Å². The SMILES string of the molecule is O=C(CN(Cc1ccccc1)S(=O)(=O)c1cccc(Cl)c1)NCc1cccs1. The summed E-state index contributed by atoms with van der Waals surface area (Å²) in [6.45, 7) is 0.171. The van der Waals surface area contributed by atoms with Crippen molar-refractivity contribution in [2.24, 2.45) is 0 Å². The van der Waals surface area contributed by atoms with Crippen LogP contribution in [-0.2, 0) is 27.9 Å². The number of nitrogens with one attached hydrogen (secondary N) is 1. The van der Waals surface area contributed by atoms with Crippen LogP contribution in [-0.4, -0.2) is 25.2 Å². The first-order chi connectivity index (χ1) is 13.4. The third-order valence-corrected chi connectivity index (χ3v) is 6.89. The Hall–Kier alpha value is -2.19. The van der Waals surface area contributed by atoms with Crippen molar-refractivity contribution in [3.8, 4) is 0 Å². The fraction of sp³-hybridized carbons (Fsp3) is 0.150. The zero-order valence-electron chi connectivity index (χ0n) is 14.9. The number of sulfonamides is 1. The van der Waals surface area contributed by atoms with Gasteiger partial charge in [0.05, 0.1) is 18.0 Å². The fourth-order valence-electron chi connectivity index (χ4n) is 2.60. The van der Waals surface area contributed by atoms with E-state index in [-0.39, 0.29) is 23.9 Å². The molecule has 0 aliphatic rings. The number of thiophene rings is 1. The van der Waals surface area contributed by atoms with Crippen LogP contribution in [0.3, 0.4) is 0 Å². The number of carbonyl (C=O) groups excluding carboxylic acids is 1. The maximum absolute atomic E-state index is 13.1. The van der Waals surface area contributed by atoms with Crippen LogP contribution in [0.25, 0.3) is 0 Å². The van der Waals surface area contributed by atoms with Crippen molar-refractivity contribution in [3.63, 3.8) is 0 Å². The highest BCUT2D eigenvalue weighted by Gasteiger charge is 2.27. The van der Waals surface area contributed by atoms with Crippen LogP contribution >= 0.6 is 22.9 Å². The van der Waals surface area contributed by atoms with Gasteiger partial charge in [-0.2, -0.15) is 4.31 Å². The van der Waals surface area contributed by atoms with Gasteiger partial charge in [-0.25, -0.2) is 8.42 Å². The minimum atomic E-state index is -3.90. The van der Waals surface area contributed by atoms with Gasteiger partial charge in [0.1, 0.15) is 0 Å². The third-order valence-electron chi connectivity index (χ3n) is 4.00. The first kappa shape index (κ1) is 20.5. The summed E-state index contributed by atoms with van der Waals surface area (Å²) in [5, 5.41) is 5.02. The molecular formula is C20H19ClN2O3S2. The fourth-order valence-corrected chi connectivity index (χ4v) is 4.93. The Morgan fingerprint density at radius 3 is 2.50 bits per heavy atom. The average Bonchev–Trinajstić information content (AvgIpc) is 3.20. The highest BCUT2D eigenvalue weighted by Crippen LogP contribution is 2.21. The van der Waals surface area contributed by atoms with Crippen molar-refractivity contribution in [3.05, 3.63) is 87.6 Å². The summed E-state index contributed by atoms with van der Waals surface area (Å²) in [4.78, 5) is 13.5. The lowest BCUT2D eigenvalue weighted by atomic mass is 10.2. The van der Waals surface area contributed by atoms with Crippen LogP contribution in [0.15, 0.2) is 77.0 Å². The van der Waals surface area contributed by atoms with Crippen LogP contribution in [0.5, 0.6) is 0 Å². The molecule has 0 saturated carbocycles. The van der Waals surface area contributed by atoms with E-state index in [1.807, 2.05) is 47.8 Å². The zero-order valence-corrected chi connectivity index (χ0v) is 17.3. The normalized spacial score (nSPS) is 11.5. The van der Waals surface area contributed by atoms with Gasteiger partial charge in [0.25, 0.3) is 0 Å². The van der Waals surface area contributed by atoms with Crippen molar-refractivity contribution >= 4 is 38.9 Å². The molecule has 28 heavy (non-hydrogen) atoms. The average molecular weight is 435 g/mol. The number of hydrogen-bond acceptors (Lipinski definition) is 4. The Morgan fingerprint density at radius 2 is 1.82 bits per heavy atom. The molecule has 3 rings (SSSR count). The van der Waals surface area contributed by atoms with Gasteiger partial charge in [-0.15, -0.1) is 11.3 Å². The molecule has 8 heteroatoms. The van der Waals surface area contributed by atoms with Crippen LogP contribution in [0.1, 0.15) is 10.4 Å². The van der Waals surface area contributed by atoms with Gasteiger partial charge in [0, 0.05) is 16.4 Å². The molecule has 2 aromatic carbocycles. The third kappa shape index (κ3) is 5.42. The number of amides is 1. The highest BCUT2D eigenvalue weighted by molar-refractivity contribution is 7.89.